The molecule has 0 spiro atoms. The molecular formula is C19H24ClN3O. The van der Waals surface area contributed by atoms with E-state index in [4.69, 9.17) is 16.3 Å². The van der Waals surface area contributed by atoms with E-state index in [9.17, 15) is 0 Å². The van der Waals surface area contributed by atoms with Crippen LogP contribution < -0.4 is 4.74 Å². The van der Waals surface area contributed by atoms with Crippen LogP contribution in [0.2, 0.25) is 5.02 Å². The molecule has 24 heavy (non-hydrogen) atoms. The molecule has 4 nitrogen and oxygen atoms in total. The van der Waals surface area contributed by atoms with Crippen molar-refractivity contribution in [2.75, 3.05) is 26.2 Å². The number of nitrogens with zero attached hydrogens (tertiary/aromatic N) is 2. The number of halogens is 1. The van der Waals surface area contributed by atoms with Crippen LogP contribution in [0, 0.1) is 5.92 Å². The minimum absolute atomic E-state index is 0.589. The zero-order valence-electron chi connectivity index (χ0n) is 13.9. The first kappa shape index (κ1) is 16.0. The Hall–Kier alpha value is -1.52. The van der Waals surface area contributed by atoms with Crippen LogP contribution in [0.4, 0.5) is 0 Å². The lowest BCUT2D eigenvalue weighted by atomic mass is 10.0. The fourth-order valence-corrected chi connectivity index (χ4v) is 3.56. The smallest absolute Gasteiger partial charge is 0.119 e. The topological polar surface area (TPSA) is 41.1 Å². The van der Waals surface area contributed by atoms with Gasteiger partial charge >= 0.3 is 0 Å². The maximum Gasteiger partial charge on any atom is 0.119 e. The van der Waals surface area contributed by atoms with Crippen molar-refractivity contribution in [3.05, 3.63) is 46.7 Å². The van der Waals surface area contributed by atoms with E-state index in [1.54, 1.807) is 0 Å². The molecule has 1 saturated carbocycles. The Kier molecular flexibility index (Phi) is 4.76. The van der Waals surface area contributed by atoms with Crippen molar-refractivity contribution in [3.63, 3.8) is 0 Å². The van der Waals surface area contributed by atoms with Crippen LogP contribution in [0.1, 0.15) is 36.6 Å². The molecule has 2 heterocycles. The molecule has 2 fully saturated rings. The maximum absolute atomic E-state index is 5.88. The molecule has 1 aromatic carbocycles. The van der Waals surface area contributed by atoms with Crippen LogP contribution in [0.3, 0.4) is 0 Å². The highest BCUT2D eigenvalue weighted by molar-refractivity contribution is 6.30. The summed E-state index contributed by atoms with van der Waals surface area (Å²) in [5.41, 5.74) is 2.37. The molecule has 2 aromatic rings. The van der Waals surface area contributed by atoms with Gasteiger partial charge in [-0.2, -0.15) is 5.10 Å². The molecule has 1 unspecified atom stereocenters. The van der Waals surface area contributed by atoms with Crippen molar-refractivity contribution in [2.45, 2.75) is 31.6 Å². The molecule has 1 aliphatic carbocycles. The maximum atomic E-state index is 5.88. The number of nitrogens with one attached hydrogen (secondary N) is 1. The predicted octanol–water partition coefficient (Wildman–Crippen LogP) is 3.88. The van der Waals surface area contributed by atoms with Crippen molar-refractivity contribution >= 4 is 11.6 Å². The molecule has 5 heteroatoms. The first-order chi connectivity index (χ1) is 11.8. The van der Waals surface area contributed by atoms with E-state index in [-0.39, 0.29) is 0 Å². The lowest BCUT2D eigenvalue weighted by molar-refractivity contribution is 0.320. The summed E-state index contributed by atoms with van der Waals surface area (Å²) in [6.45, 7) is 4.33. The molecule has 2 aliphatic rings. The molecule has 0 bridgehead atoms. The van der Waals surface area contributed by atoms with Crippen molar-refractivity contribution in [1.82, 2.24) is 15.1 Å². The number of hydrogen-bond donors (Lipinski definition) is 1. The summed E-state index contributed by atoms with van der Waals surface area (Å²) in [6, 6.07) is 9.70. The van der Waals surface area contributed by atoms with E-state index < -0.39 is 0 Å². The first-order valence-electron chi connectivity index (χ1n) is 8.91. The van der Waals surface area contributed by atoms with Gasteiger partial charge in [-0.25, -0.2) is 0 Å². The van der Waals surface area contributed by atoms with E-state index in [1.807, 2.05) is 24.3 Å². The van der Waals surface area contributed by atoms with Crippen molar-refractivity contribution in [1.29, 1.82) is 0 Å². The van der Waals surface area contributed by atoms with E-state index in [1.165, 1.54) is 44.6 Å². The number of hydrogen-bond acceptors (Lipinski definition) is 3. The number of aromatic nitrogens is 2. The highest BCUT2D eigenvalue weighted by Crippen LogP contribution is 2.33. The van der Waals surface area contributed by atoms with Crippen molar-refractivity contribution < 1.29 is 4.74 Å². The summed E-state index contributed by atoms with van der Waals surface area (Å²) < 4.78 is 5.75. The summed E-state index contributed by atoms with van der Waals surface area (Å²) in [6.07, 6.45) is 4.94. The number of H-pyrrole nitrogens is 1. The fourth-order valence-electron chi connectivity index (χ4n) is 3.43. The molecule has 0 radical (unpaired) electrons. The Labute approximate surface area is 148 Å². The Morgan fingerprint density at radius 2 is 2.04 bits per heavy atom. The molecule has 1 N–H and O–H groups in total. The number of likely N-dealkylation sites (tertiary alicyclic amines) is 1. The van der Waals surface area contributed by atoms with Gasteiger partial charge in [0.25, 0.3) is 0 Å². The van der Waals surface area contributed by atoms with Crippen LogP contribution in [0.25, 0.3) is 0 Å². The average Bonchev–Trinajstić information content (AvgIpc) is 3.08. The van der Waals surface area contributed by atoms with E-state index in [2.05, 4.69) is 21.2 Å². The van der Waals surface area contributed by atoms with Gasteiger partial charge in [0.2, 0.25) is 0 Å². The summed E-state index contributed by atoms with van der Waals surface area (Å²) >= 11 is 5.88. The van der Waals surface area contributed by atoms with Gasteiger partial charge in [0.05, 0.1) is 12.3 Å². The number of ether oxygens (including phenoxy) is 1. The highest BCUT2D eigenvalue weighted by atomic mass is 35.5. The normalized spacial score (nSPS) is 21.3. The second-order valence-electron chi connectivity index (χ2n) is 7.06. The Bertz CT molecular complexity index is 666. The van der Waals surface area contributed by atoms with Crippen LogP contribution in [-0.4, -0.2) is 41.3 Å². The second kappa shape index (κ2) is 7.16. The fraction of sp³-hybridized carbons (Fsp3) is 0.526. The van der Waals surface area contributed by atoms with Gasteiger partial charge in [-0.3, -0.25) is 5.10 Å². The summed E-state index contributed by atoms with van der Waals surface area (Å²) in [4.78, 5) is 2.61. The van der Waals surface area contributed by atoms with Crippen LogP contribution in [0.5, 0.6) is 5.75 Å². The SMILES string of the molecule is Clc1ccc(OCCc2cc(C3CCN(CC4CC4)C3)n[nH]2)cc1. The third kappa shape index (κ3) is 4.11. The minimum atomic E-state index is 0.589. The van der Waals surface area contributed by atoms with Gasteiger partial charge in [-0.15, -0.1) is 0 Å². The molecule has 1 atom stereocenters. The highest BCUT2D eigenvalue weighted by Gasteiger charge is 2.30. The van der Waals surface area contributed by atoms with Crippen LogP contribution >= 0.6 is 11.6 Å². The molecule has 1 aromatic heterocycles. The van der Waals surface area contributed by atoms with Gasteiger partial charge in [0.15, 0.2) is 0 Å². The molecule has 1 saturated heterocycles. The predicted molar refractivity (Wildman–Crippen MR) is 95.8 cm³/mol. The van der Waals surface area contributed by atoms with E-state index >= 15 is 0 Å². The molecule has 1 aliphatic heterocycles. The lowest BCUT2D eigenvalue weighted by Crippen LogP contribution is -2.22. The Balaban J connectivity index is 1.25. The van der Waals surface area contributed by atoms with Crippen LogP contribution in [0.15, 0.2) is 30.3 Å². The quantitative estimate of drug-likeness (QED) is 0.827. The molecule has 0 amide bonds. The monoisotopic (exact) mass is 345 g/mol. The van der Waals surface area contributed by atoms with Crippen molar-refractivity contribution in [2.24, 2.45) is 5.92 Å². The molecule has 4 rings (SSSR count). The minimum Gasteiger partial charge on any atom is -0.493 e. The number of rotatable bonds is 7. The second-order valence-corrected chi connectivity index (χ2v) is 7.50. The third-order valence-electron chi connectivity index (χ3n) is 5.01. The Morgan fingerprint density at radius 3 is 2.83 bits per heavy atom. The van der Waals surface area contributed by atoms with Gasteiger partial charge in [-0.05, 0) is 62.1 Å². The largest absolute Gasteiger partial charge is 0.493 e. The zero-order valence-corrected chi connectivity index (χ0v) is 14.6. The van der Waals surface area contributed by atoms with Gasteiger partial charge < -0.3 is 9.64 Å². The van der Waals surface area contributed by atoms with Gasteiger partial charge in [0, 0.05) is 36.1 Å². The van der Waals surface area contributed by atoms with Gasteiger partial charge in [-0.1, -0.05) is 11.6 Å². The summed E-state index contributed by atoms with van der Waals surface area (Å²) in [5, 5.41) is 8.45. The standard InChI is InChI=1S/C19H24ClN3O/c20-16-3-5-18(6-4-16)24-10-8-17-11-19(22-21-17)15-7-9-23(13-15)12-14-1-2-14/h3-6,11,14-15H,1-2,7-10,12-13H2,(H,21,22). The average molecular weight is 346 g/mol. The summed E-state index contributed by atoms with van der Waals surface area (Å²) in [7, 11) is 0. The van der Waals surface area contributed by atoms with E-state index in [0.29, 0.717) is 12.5 Å². The van der Waals surface area contributed by atoms with Gasteiger partial charge in [0.1, 0.15) is 5.75 Å². The Morgan fingerprint density at radius 1 is 1.21 bits per heavy atom. The molecule has 128 valence electrons. The lowest BCUT2D eigenvalue weighted by Gasteiger charge is -2.14. The van der Waals surface area contributed by atoms with Crippen molar-refractivity contribution in [3.8, 4) is 5.75 Å². The summed E-state index contributed by atoms with van der Waals surface area (Å²) in [5.74, 6) is 2.42. The zero-order chi connectivity index (χ0) is 16.4. The van der Waals surface area contributed by atoms with Crippen LogP contribution in [-0.2, 0) is 6.42 Å². The molecular weight excluding hydrogens is 322 g/mol. The number of aromatic amines is 1. The first-order valence-corrected chi connectivity index (χ1v) is 9.29. The third-order valence-corrected chi connectivity index (χ3v) is 5.26. The number of benzene rings is 1. The van der Waals surface area contributed by atoms with E-state index in [0.717, 1.165) is 28.8 Å².